The third-order valence-electron chi connectivity index (χ3n) is 3.44. The number of amides is 2. The number of carboxylic acid groups (broad SMARTS) is 1. The zero-order chi connectivity index (χ0) is 15.3. The number of esters is 1. The molecule has 114 valence electrons. The number of ether oxygens (including phenoxy) is 1. The minimum absolute atomic E-state index is 0.124. The van der Waals surface area contributed by atoms with Crippen molar-refractivity contribution in [1.29, 1.82) is 0 Å². The van der Waals surface area contributed by atoms with Crippen molar-refractivity contribution in [3.8, 4) is 0 Å². The van der Waals surface area contributed by atoms with Crippen molar-refractivity contribution < 1.29 is 24.2 Å². The van der Waals surface area contributed by atoms with Crippen LogP contribution in [0.3, 0.4) is 0 Å². The number of rotatable bonds is 4. The van der Waals surface area contributed by atoms with Gasteiger partial charge in [-0.25, -0.2) is 4.79 Å². The van der Waals surface area contributed by atoms with Crippen LogP contribution in [-0.4, -0.2) is 65.7 Å². The molecule has 7 nitrogen and oxygen atoms in total. The van der Waals surface area contributed by atoms with E-state index in [1.54, 1.807) is 13.8 Å². The Bertz CT molecular complexity index is 383. The highest BCUT2D eigenvalue weighted by atomic mass is 16.5. The third-order valence-corrected chi connectivity index (χ3v) is 3.44. The van der Waals surface area contributed by atoms with Crippen molar-refractivity contribution in [3.63, 3.8) is 0 Å². The van der Waals surface area contributed by atoms with E-state index in [1.807, 2.05) is 0 Å². The van der Waals surface area contributed by atoms with Gasteiger partial charge in [0.25, 0.3) is 0 Å². The SMILES string of the molecule is COC(=O)CN(C(=O)N1CCCC(C(=O)O)C1)C(C)C. The van der Waals surface area contributed by atoms with Crippen molar-refractivity contribution in [2.24, 2.45) is 5.92 Å². The van der Waals surface area contributed by atoms with Gasteiger partial charge in [-0.2, -0.15) is 0 Å². The first-order valence-corrected chi connectivity index (χ1v) is 6.72. The van der Waals surface area contributed by atoms with E-state index in [9.17, 15) is 14.4 Å². The van der Waals surface area contributed by atoms with Crippen LogP contribution in [0.2, 0.25) is 0 Å². The van der Waals surface area contributed by atoms with Crippen molar-refractivity contribution >= 4 is 18.0 Å². The first-order chi connectivity index (χ1) is 9.36. The Morgan fingerprint density at radius 3 is 2.55 bits per heavy atom. The number of nitrogens with zero attached hydrogens (tertiary/aromatic N) is 2. The van der Waals surface area contributed by atoms with Gasteiger partial charge in [-0.1, -0.05) is 0 Å². The van der Waals surface area contributed by atoms with E-state index >= 15 is 0 Å². The van der Waals surface area contributed by atoms with E-state index in [0.717, 1.165) is 0 Å². The lowest BCUT2D eigenvalue weighted by molar-refractivity contribution is -0.144. The monoisotopic (exact) mass is 286 g/mol. The van der Waals surface area contributed by atoms with E-state index in [4.69, 9.17) is 5.11 Å². The zero-order valence-corrected chi connectivity index (χ0v) is 12.2. The second-order valence-electron chi connectivity index (χ2n) is 5.20. The van der Waals surface area contributed by atoms with Crippen LogP contribution in [0.25, 0.3) is 0 Å². The average Bonchev–Trinajstić information content (AvgIpc) is 2.43. The summed E-state index contributed by atoms with van der Waals surface area (Å²) in [7, 11) is 1.27. The van der Waals surface area contributed by atoms with Gasteiger partial charge in [-0.15, -0.1) is 0 Å². The second-order valence-corrected chi connectivity index (χ2v) is 5.20. The molecule has 1 aliphatic rings. The number of aliphatic carboxylic acids is 1. The lowest BCUT2D eigenvalue weighted by Crippen LogP contribution is -2.52. The van der Waals surface area contributed by atoms with E-state index in [1.165, 1.54) is 16.9 Å². The summed E-state index contributed by atoms with van der Waals surface area (Å²) in [6.07, 6.45) is 1.24. The highest BCUT2D eigenvalue weighted by molar-refractivity contribution is 5.82. The molecule has 0 aromatic carbocycles. The van der Waals surface area contributed by atoms with Gasteiger partial charge in [0.15, 0.2) is 0 Å². The lowest BCUT2D eigenvalue weighted by atomic mass is 9.98. The van der Waals surface area contributed by atoms with Gasteiger partial charge < -0.3 is 19.6 Å². The number of methoxy groups -OCH3 is 1. The first kappa shape index (κ1) is 16.3. The van der Waals surface area contributed by atoms with Gasteiger partial charge in [0.2, 0.25) is 0 Å². The quantitative estimate of drug-likeness (QED) is 0.772. The van der Waals surface area contributed by atoms with Crippen LogP contribution in [0, 0.1) is 5.92 Å². The first-order valence-electron chi connectivity index (χ1n) is 6.72. The summed E-state index contributed by atoms with van der Waals surface area (Å²) < 4.78 is 4.58. The number of piperidine rings is 1. The predicted molar refractivity (Wildman–Crippen MR) is 71.2 cm³/mol. The molecule has 1 fully saturated rings. The summed E-state index contributed by atoms with van der Waals surface area (Å²) in [5.41, 5.74) is 0. The van der Waals surface area contributed by atoms with Crippen molar-refractivity contribution in [2.45, 2.75) is 32.7 Å². The molecule has 1 heterocycles. The number of hydrogen-bond acceptors (Lipinski definition) is 4. The smallest absolute Gasteiger partial charge is 0.325 e. The zero-order valence-electron chi connectivity index (χ0n) is 12.2. The fraction of sp³-hybridized carbons (Fsp3) is 0.769. The molecule has 0 aromatic rings. The van der Waals surface area contributed by atoms with Crippen LogP contribution in [0.5, 0.6) is 0 Å². The summed E-state index contributed by atoms with van der Waals surface area (Å²) >= 11 is 0. The van der Waals surface area contributed by atoms with Crippen LogP contribution < -0.4 is 0 Å². The highest BCUT2D eigenvalue weighted by Gasteiger charge is 2.32. The van der Waals surface area contributed by atoms with Gasteiger partial charge in [0, 0.05) is 19.1 Å². The fourth-order valence-electron chi connectivity index (χ4n) is 2.21. The van der Waals surface area contributed by atoms with Gasteiger partial charge in [0.1, 0.15) is 6.54 Å². The van der Waals surface area contributed by atoms with Gasteiger partial charge in [0.05, 0.1) is 13.0 Å². The Kier molecular flexibility index (Phi) is 5.79. The number of carbonyl (C=O) groups is 3. The topological polar surface area (TPSA) is 87.2 Å². The van der Waals surface area contributed by atoms with Crippen LogP contribution in [-0.2, 0) is 14.3 Å². The minimum atomic E-state index is -0.883. The number of carboxylic acids is 1. The molecule has 1 aliphatic heterocycles. The number of carbonyl (C=O) groups excluding carboxylic acids is 2. The molecule has 0 spiro atoms. The van der Waals surface area contributed by atoms with Crippen molar-refractivity contribution in [2.75, 3.05) is 26.7 Å². The molecule has 7 heteroatoms. The number of likely N-dealkylation sites (tertiary alicyclic amines) is 1. The van der Waals surface area contributed by atoms with Crippen molar-refractivity contribution in [3.05, 3.63) is 0 Å². The summed E-state index contributed by atoms with van der Waals surface area (Å²) in [4.78, 5) is 37.7. The molecule has 0 bridgehead atoms. The summed E-state index contributed by atoms with van der Waals surface area (Å²) in [6.45, 7) is 4.20. The van der Waals surface area contributed by atoms with E-state index in [2.05, 4.69) is 4.74 Å². The fourth-order valence-corrected chi connectivity index (χ4v) is 2.21. The Hall–Kier alpha value is -1.79. The van der Waals surface area contributed by atoms with Gasteiger partial charge in [-0.05, 0) is 26.7 Å². The predicted octanol–water partition coefficient (Wildman–Crippen LogP) is 0.786. The maximum Gasteiger partial charge on any atom is 0.325 e. The molecular weight excluding hydrogens is 264 g/mol. The Morgan fingerprint density at radius 1 is 1.40 bits per heavy atom. The normalized spacial score (nSPS) is 18.8. The molecule has 1 atom stereocenters. The Labute approximate surface area is 118 Å². The number of hydrogen-bond donors (Lipinski definition) is 1. The Morgan fingerprint density at radius 2 is 2.05 bits per heavy atom. The maximum absolute atomic E-state index is 12.4. The van der Waals surface area contributed by atoms with Gasteiger partial charge in [-0.3, -0.25) is 9.59 Å². The summed E-state index contributed by atoms with van der Waals surface area (Å²) in [5, 5.41) is 9.04. The molecule has 1 saturated heterocycles. The van der Waals surface area contributed by atoms with E-state index in [-0.39, 0.29) is 25.2 Å². The third kappa shape index (κ3) is 4.11. The van der Waals surface area contributed by atoms with Gasteiger partial charge >= 0.3 is 18.0 Å². The van der Waals surface area contributed by atoms with Crippen LogP contribution in [0.15, 0.2) is 0 Å². The minimum Gasteiger partial charge on any atom is -0.481 e. The molecule has 1 N–H and O–H groups in total. The molecule has 0 saturated carbocycles. The van der Waals surface area contributed by atoms with Crippen LogP contribution >= 0.6 is 0 Å². The maximum atomic E-state index is 12.4. The molecule has 20 heavy (non-hydrogen) atoms. The van der Waals surface area contributed by atoms with Crippen LogP contribution in [0.1, 0.15) is 26.7 Å². The Balaban J connectivity index is 2.73. The largest absolute Gasteiger partial charge is 0.481 e. The molecule has 0 aromatic heterocycles. The highest BCUT2D eigenvalue weighted by Crippen LogP contribution is 2.18. The van der Waals surface area contributed by atoms with E-state index in [0.29, 0.717) is 19.4 Å². The van der Waals surface area contributed by atoms with Crippen molar-refractivity contribution in [1.82, 2.24) is 9.80 Å². The second kappa shape index (κ2) is 7.12. The summed E-state index contributed by atoms with van der Waals surface area (Å²) in [6, 6.07) is -0.469. The molecule has 0 aliphatic carbocycles. The molecular formula is C13H22N2O5. The molecule has 1 unspecified atom stereocenters. The molecule has 2 amide bonds. The van der Waals surface area contributed by atoms with Crippen LogP contribution in [0.4, 0.5) is 4.79 Å². The lowest BCUT2D eigenvalue weighted by Gasteiger charge is -2.36. The molecule has 0 radical (unpaired) electrons. The van der Waals surface area contributed by atoms with E-state index < -0.39 is 17.9 Å². The number of urea groups is 1. The standard InChI is InChI=1S/C13H22N2O5/c1-9(2)15(8-11(16)20-3)13(19)14-6-4-5-10(7-14)12(17)18/h9-10H,4-8H2,1-3H3,(H,17,18). The average molecular weight is 286 g/mol. The summed E-state index contributed by atoms with van der Waals surface area (Å²) in [5.74, 6) is -1.90. The molecule has 1 rings (SSSR count).